The Labute approximate surface area is 131 Å². The first kappa shape index (κ1) is 17.0. The van der Waals surface area contributed by atoms with Crippen LogP contribution in [0.2, 0.25) is 0 Å². The summed E-state index contributed by atoms with van der Waals surface area (Å²) < 4.78 is 0. The van der Waals surface area contributed by atoms with E-state index < -0.39 is 0 Å². The monoisotopic (exact) mass is 293 g/mol. The van der Waals surface area contributed by atoms with Crippen LogP contribution in [0.5, 0.6) is 0 Å². The summed E-state index contributed by atoms with van der Waals surface area (Å²) in [6.45, 7) is 19.5. The number of nitrogens with zero attached hydrogens (tertiary/aromatic N) is 2. The zero-order valence-electron chi connectivity index (χ0n) is 14.6. The first-order chi connectivity index (χ1) is 9.94. The number of piperidine rings is 2. The fourth-order valence-corrected chi connectivity index (χ4v) is 3.91. The topological polar surface area (TPSA) is 18.5 Å². The molecule has 1 N–H and O–H groups in total. The van der Waals surface area contributed by atoms with Crippen molar-refractivity contribution < 1.29 is 0 Å². The molecule has 0 aromatic carbocycles. The van der Waals surface area contributed by atoms with E-state index in [1.807, 2.05) is 0 Å². The molecule has 0 aromatic heterocycles. The normalized spacial score (nSPS) is 27.0. The molecule has 1 atom stereocenters. The maximum absolute atomic E-state index is 4.26. The highest BCUT2D eigenvalue weighted by Gasteiger charge is 2.27. The van der Waals surface area contributed by atoms with Gasteiger partial charge >= 0.3 is 0 Å². The molecule has 0 radical (unpaired) electrons. The summed E-state index contributed by atoms with van der Waals surface area (Å²) in [6.07, 6.45) is 3.88. The highest BCUT2D eigenvalue weighted by molar-refractivity contribution is 5.06. The number of likely N-dealkylation sites (tertiary alicyclic amines) is 2. The van der Waals surface area contributed by atoms with E-state index in [1.165, 1.54) is 44.6 Å². The minimum absolute atomic E-state index is 0.567. The third-order valence-electron chi connectivity index (χ3n) is 4.93. The molecule has 2 fully saturated rings. The second-order valence-electron chi connectivity index (χ2n) is 7.74. The van der Waals surface area contributed by atoms with Gasteiger partial charge in [0.25, 0.3) is 0 Å². The molecule has 0 spiro atoms. The van der Waals surface area contributed by atoms with Crippen molar-refractivity contribution in [2.24, 2.45) is 5.92 Å². The summed E-state index contributed by atoms with van der Waals surface area (Å²) >= 11 is 0. The minimum atomic E-state index is 0.567. The molecule has 0 aliphatic carbocycles. The molecule has 122 valence electrons. The Bertz CT molecular complexity index is 329. The second kappa shape index (κ2) is 7.75. The van der Waals surface area contributed by atoms with Crippen molar-refractivity contribution >= 4 is 0 Å². The van der Waals surface area contributed by atoms with E-state index >= 15 is 0 Å². The van der Waals surface area contributed by atoms with E-state index in [4.69, 9.17) is 0 Å². The van der Waals surface area contributed by atoms with Crippen molar-refractivity contribution in [1.82, 2.24) is 15.1 Å². The summed E-state index contributed by atoms with van der Waals surface area (Å²) in [5.41, 5.74) is 1.40. The zero-order valence-corrected chi connectivity index (χ0v) is 14.6. The van der Waals surface area contributed by atoms with E-state index in [2.05, 4.69) is 49.4 Å². The third kappa shape index (κ3) is 5.39. The van der Waals surface area contributed by atoms with Gasteiger partial charge in [-0.15, -0.1) is 0 Å². The summed E-state index contributed by atoms with van der Waals surface area (Å²) in [4.78, 5) is 5.26. The average molecular weight is 293 g/mol. The van der Waals surface area contributed by atoms with Crippen molar-refractivity contribution in [2.75, 3.05) is 32.7 Å². The maximum Gasteiger partial charge on any atom is 0.0235 e. The van der Waals surface area contributed by atoms with Gasteiger partial charge in [-0.25, -0.2) is 0 Å². The van der Waals surface area contributed by atoms with Gasteiger partial charge in [-0.3, -0.25) is 4.90 Å². The van der Waals surface area contributed by atoms with E-state index in [-0.39, 0.29) is 0 Å². The Morgan fingerprint density at radius 3 is 2.43 bits per heavy atom. The van der Waals surface area contributed by atoms with Crippen molar-refractivity contribution in [3.05, 3.63) is 12.2 Å². The SMILES string of the molecule is C=C1CC(NC(C)C)CN(CC2CCN(C(C)C)CC2)C1. The van der Waals surface area contributed by atoms with Crippen LogP contribution in [0.1, 0.15) is 47.0 Å². The van der Waals surface area contributed by atoms with Crippen LogP contribution >= 0.6 is 0 Å². The summed E-state index contributed by atoms with van der Waals surface area (Å²) in [5.74, 6) is 0.880. The van der Waals surface area contributed by atoms with Crippen LogP contribution in [-0.2, 0) is 0 Å². The van der Waals surface area contributed by atoms with E-state index in [0.29, 0.717) is 18.1 Å². The smallest absolute Gasteiger partial charge is 0.0235 e. The Kier molecular flexibility index (Phi) is 6.27. The number of nitrogens with one attached hydrogen (secondary N) is 1. The molecule has 0 amide bonds. The van der Waals surface area contributed by atoms with Crippen LogP contribution in [-0.4, -0.2) is 60.6 Å². The first-order valence-corrected chi connectivity index (χ1v) is 8.83. The fourth-order valence-electron chi connectivity index (χ4n) is 3.91. The summed E-state index contributed by atoms with van der Waals surface area (Å²) in [7, 11) is 0. The van der Waals surface area contributed by atoms with Gasteiger partial charge in [0.15, 0.2) is 0 Å². The van der Waals surface area contributed by atoms with Gasteiger partial charge < -0.3 is 10.2 Å². The molecule has 0 saturated carbocycles. The Morgan fingerprint density at radius 2 is 1.86 bits per heavy atom. The van der Waals surface area contributed by atoms with E-state index in [9.17, 15) is 0 Å². The minimum Gasteiger partial charge on any atom is -0.310 e. The second-order valence-corrected chi connectivity index (χ2v) is 7.74. The molecule has 21 heavy (non-hydrogen) atoms. The van der Waals surface area contributed by atoms with Crippen LogP contribution < -0.4 is 5.32 Å². The van der Waals surface area contributed by atoms with Gasteiger partial charge in [-0.1, -0.05) is 26.0 Å². The lowest BCUT2D eigenvalue weighted by Crippen LogP contribution is -2.50. The van der Waals surface area contributed by atoms with Gasteiger partial charge in [0, 0.05) is 37.8 Å². The Hall–Kier alpha value is -0.380. The molecule has 2 rings (SSSR count). The first-order valence-electron chi connectivity index (χ1n) is 8.83. The van der Waals surface area contributed by atoms with Crippen LogP contribution in [0.15, 0.2) is 12.2 Å². The molecule has 3 heteroatoms. The van der Waals surface area contributed by atoms with Crippen molar-refractivity contribution in [2.45, 2.75) is 65.1 Å². The molecular formula is C18H35N3. The molecule has 2 heterocycles. The van der Waals surface area contributed by atoms with E-state index in [1.54, 1.807) is 0 Å². The molecule has 0 aromatic rings. The molecular weight excluding hydrogens is 258 g/mol. The van der Waals surface area contributed by atoms with Gasteiger partial charge in [-0.2, -0.15) is 0 Å². The van der Waals surface area contributed by atoms with Gasteiger partial charge in [0.05, 0.1) is 0 Å². The zero-order chi connectivity index (χ0) is 15.4. The van der Waals surface area contributed by atoms with Crippen LogP contribution in [0.4, 0.5) is 0 Å². The lowest BCUT2D eigenvalue weighted by molar-refractivity contribution is 0.114. The predicted molar refractivity (Wildman–Crippen MR) is 91.7 cm³/mol. The molecule has 3 nitrogen and oxygen atoms in total. The summed E-state index contributed by atoms with van der Waals surface area (Å²) in [5, 5.41) is 3.69. The number of hydrogen-bond acceptors (Lipinski definition) is 3. The molecule has 1 unspecified atom stereocenters. The van der Waals surface area contributed by atoms with E-state index in [0.717, 1.165) is 18.9 Å². The van der Waals surface area contributed by atoms with Gasteiger partial charge in [0.1, 0.15) is 0 Å². The van der Waals surface area contributed by atoms with Gasteiger partial charge in [-0.05, 0) is 52.1 Å². The molecule has 2 aliphatic rings. The van der Waals surface area contributed by atoms with Crippen molar-refractivity contribution in [3.63, 3.8) is 0 Å². The standard InChI is InChI=1S/C18H35N3/c1-14(2)19-18-10-16(5)11-20(13-18)12-17-6-8-21(9-7-17)15(3)4/h14-15,17-19H,5-13H2,1-4H3. The number of hydrogen-bond donors (Lipinski definition) is 1. The lowest BCUT2D eigenvalue weighted by Gasteiger charge is -2.40. The maximum atomic E-state index is 4.26. The van der Waals surface area contributed by atoms with Crippen LogP contribution in [0.25, 0.3) is 0 Å². The highest BCUT2D eigenvalue weighted by Crippen LogP contribution is 2.23. The number of rotatable bonds is 5. The summed E-state index contributed by atoms with van der Waals surface area (Å²) in [6, 6.07) is 1.87. The Balaban J connectivity index is 1.78. The van der Waals surface area contributed by atoms with Crippen molar-refractivity contribution in [3.8, 4) is 0 Å². The lowest BCUT2D eigenvalue weighted by atomic mass is 9.93. The quantitative estimate of drug-likeness (QED) is 0.786. The largest absolute Gasteiger partial charge is 0.310 e. The average Bonchev–Trinajstić information content (AvgIpc) is 2.37. The van der Waals surface area contributed by atoms with Gasteiger partial charge in [0.2, 0.25) is 0 Å². The molecule has 2 saturated heterocycles. The van der Waals surface area contributed by atoms with Crippen LogP contribution in [0, 0.1) is 5.92 Å². The molecule has 0 bridgehead atoms. The molecule has 2 aliphatic heterocycles. The van der Waals surface area contributed by atoms with Crippen LogP contribution in [0.3, 0.4) is 0 Å². The highest BCUT2D eigenvalue weighted by atomic mass is 15.2. The third-order valence-corrected chi connectivity index (χ3v) is 4.93. The predicted octanol–water partition coefficient (Wildman–Crippen LogP) is 2.74. The Morgan fingerprint density at radius 1 is 1.19 bits per heavy atom. The van der Waals surface area contributed by atoms with Crippen molar-refractivity contribution in [1.29, 1.82) is 0 Å². The fraction of sp³-hybridized carbons (Fsp3) is 0.889.